The number of pyridine rings is 1. The van der Waals surface area contributed by atoms with E-state index < -0.39 is 11.7 Å². The van der Waals surface area contributed by atoms with Gasteiger partial charge in [0, 0.05) is 6.20 Å². The Labute approximate surface area is 138 Å². The third kappa shape index (κ3) is 4.33. The third-order valence-corrected chi connectivity index (χ3v) is 3.50. The molecule has 0 radical (unpaired) electrons. The lowest BCUT2D eigenvalue weighted by molar-refractivity contribution is -0.137. The lowest BCUT2D eigenvalue weighted by atomic mass is 10.2. The Hall–Kier alpha value is -1.84. The fourth-order valence-electron chi connectivity index (χ4n) is 1.56. The molecule has 1 aromatic carbocycles. The summed E-state index contributed by atoms with van der Waals surface area (Å²) in [7, 11) is 1.59. The van der Waals surface area contributed by atoms with E-state index in [1.54, 1.807) is 19.4 Å². The molecule has 0 atom stereocenters. The molecule has 1 N–H and O–H groups in total. The van der Waals surface area contributed by atoms with Gasteiger partial charge in [-0.25, -0.2) is 4.98 Å². The second kappa shape index (κ2) is 6.95. The molecule has 0 fully saturated rings. The molecule has 0 aliphatic rings. The smallest absolute Gasteiger partial charge is 0.417 e. The summed E-state index contributed by atoms with van der Waals surface area (Å²) < 4.78 is 43.2. The topological polar surface area (TPSA) is 46.5 Å². The number of hydrazone groups is 1. The van der Waals surface area contributed by atoms with Crippen molar-refractivity contribution in [2.45, 2.75) is 6.18 Å². The first kappa shape index (κ1) is 16.5. The molecule has 2 aromatic rings. The molecule has 1 aromatic heterocycles. The number of alkyl halides is 3. The minimum atomic E-state index is -4.39. The molecule has 0 spiro atoms. The van der Waals surface area contributed by atoms with Crippen molar-refractivity contribution in [3.05, 3.63) is 51.2 Å². The maximum absolute atomic E-state index is 12.4. The van der Waals surface area contributed by atoms with Crippen LogP contribution in [0.5, 0.6) is 5.75 Å². The van der Waals surface area contributed by atoms with Crippen LogP contribution in [0.4, 0.5) is 19.0 Å². The highest BCUT2D eigenvalue weighted by Gasteiger charge is 2.30. The van der Waals surface area contributed by atoms with E-state index in [4.69, 9.17) is 4.74 Å². The van der Waals surface area contributed by atoms with Crippen LogP contribution in [0.25, 0.3) is 0 Å². The fraction of sp³-hybridized carbons (Fsp3) is 0.143. The molecule has 1 heterocycles. The monoisotopic (exact) mass is 421 g/mol. The summed E-state index contributed by atoms with van der Waals surface area (Å²) in [5, 5.41) is 3.94. The summed E-state index contributed by atoms with van der Waals surface area (Å²) in [5.41, 5.74) is 2.60. The zero-order valence-electron chi connectivity index (χ0n) is 11.4. The average molecular weight is 421 g/mol. The standard InChI is InChI=1S/C14H11F3IN3O/c1-22-12-4-2-9(6-11(12)18)7-20-21-13-5-3-10(8-19-13)14(15,16)17/h2-8H,1H3,(H,19,21)/b20-7-. The van der Waals surface area contributed by atoms with Crippen molar-refractivity contribution in [2.75, 3.05) is 12.5 Å². The van der Waals surface area contributed by atoms with Crippen molar-refractivity contribution >= 4 is 34.6 Å². The number of benzene rings is 1. The van der Waals surface area contributed by atoms with Gasteiger partial charge >= 0.3 is 6.18 Å². The zero-order chi connectivity index (χ0) is 16.2. The number of halogens is 4. The Morgan fingerprint density at radius 3 is 2.59 bits per heavy atom. The van der Waals surface area contributed by atoms with Gasteiger partial charge in [0.25, 0.3) is 0 Å². The summed E-state index contributed by atoms with van der Waals surface area (Å²) in [6.45, 7) is 0. The Balaban J connectivity index is 2.02. The van der Waals surface area contributed by atoms with E-state index in [2.05, 4.69) is 38.1 Å². The highest BCUT2D eigenvalue weighted by Crippen LogP contribution is 2.28. The summed E-state index contributed by atoms with van der Waals surface area (Å²) in [4.78, 5) is 3.65. The van der Waals surface area contributed by atoms with Crippen molar-refractivity contribution in [3.8, 4) is 5.75 Å². The molecule has 22 heavy (non-hydrogen) atoms. The van der Waals surface area contributed by atoms with Crippen LogP contribution in [0.1, 0.15) is 11.1 Å². The van der Waals surface area contributed by atoms with Gasteiger partial charge < -0.3 is 4.74 Å². The van der Waals surface area contributed by atoms with Gasteiger partial charge in [0.15, 0.2) is 0 Å². The van der Waals surface area contributed by atoms with E-state index in [0.29, 0.717) is 0 Å². The molecule has 4 nitrogen and oxygen atoms in total. The molecule has 0 amide bonds. The molecule has 0 bridgehead atoms. The summed E-state index contributed by atoms with van der Waals surface area (Å²) in [5.74, 6) is 0.988. The van der Waals surface area contributed by atoms with Crippen LogP contribution < -0.4 is 10.2 Å². The predicted octanol–water partition coefficient (Wildman–Crippen LogP) is 4.16. The minimum Gasteiger partial charge on any atom is -0.496 e. The number of hydrogen-bond acceptors (Lipinski definition) is 4. The van der Waals surface area contributed by atoms with Gasteiger partial charge in [0.2, 0.25) is 0 Å². The second-order valence-electron chi connectivity index (χ2n) is 4.19. The highest BCUT2D eigenvalue weighted by molar-refractivity contribution is 14.1. The summed E-state index contributed by atoms with van der Waals surface area (Å²) in [6, 6.07) is 7.65. The van der Waals surface area contributed by atoms with Gasteiger partial charge in [-0.3, -0.25) is 5.43 Å². The van der Waals surface area contributed by atoms with Gasteiger partial charge in [-0.05, 0) is 58.5 Å². The molecule has 2 rings (SSSR count). The number of anilines is 1. The van der Waals surface area contributed by atoms with E-state index in [1.807, 2.05) is 12.1 Å². The molecule has 0 saturated heterocycles. The molecule has 116 valence electrons. The molecular weight excluding hydrogens is 410 g/mol. The van der Waals surface area contributed by atoms with E-state index in [0.717, 1.165) is 27.1 Å². The van der Waals surface area contributed by atoms with Crippen LogP contribution in [-0.2, 0) is 6.18 Å². The molecule has 0 saturated carbocycles. The molecular formula is C14H11F3IN3O. The van der Waals surface area contributed by atoms with Crippen molar-refractivity contribution in [3.63, 3.8) is 0 Å². The van der Waals surface area contributed by atoms with Crippen molar-refractivity contribution in [1.29, 1.82) is 0 Å². The van der Waals surface area contributed by atoms with Gasteiger partial charge in [-0.15, -0.1) is 0 Å². The Kier molecular flexibility index (Phi) is 5.22. The molecule has 0 aliphatic heterocycles. The number of aromatic nitrogens is 1. The Morgan fingerprint density at radius 1 is 1.27 bits per heavy atom. The van der Waals surface area contributed by atoms with Gasteiger partial charge in [-0.2, -0.15) is 18.3 Å². The van der Waals surface area contributed by atoms with E-state index in [1.165, 1.54) is 6.07 Å². The maximum Gasteiger partial charge on any atom is 0.417 e. The van der Waals surface area contributed by atoms with Gasteiger partial charge in [0.05, 0.1) is 22.5 Å². The summed E-state index contributed by atoms with van der Waals surface area (Å²) in [6.07, 6.45) is -2.09. The number of ether oxygens (including phenoxy) is 1. The number of methoxy groups -OCH3 is 1. The van der Waals surface area contributed by atoms with Crippen molar-refractivity contribution in [1.82, 2.24) is 4.98 Å². The quantitative estimate of drug-likeness (QED) is 0.458. The molecule has 0 unspecified atom stereocenters. The first-order valence-corrected chi connectivity index (χ1v) is 7.14. The van der Waals surface area contributed by atoms with E-state index >= 15 is 0 Å². The second-order valence-corrected chi connectivity index (χ2v) is 5.36. The number of hydrogen-bond donors (Lipinski definition) is 1. The van der Waals surface area contributed by atoms with Crippen molar-refractivity contribution in [2.24, 2.45) is 5.10 Å². The van der Waals surface area contributed by atoms with Crippen LogP contribution >= 0.6 is 22.6 Å². The number of rotatable bonds is 4. The van der Waals surface area contributed by atoms with E-state index in [-0.39, 0.29) is 5.82 Å². The lowest BCUT2D eigenvalue weighted by Gasteiger charge is -2.06. The molecule has 0 aliphatic carbocycles. The Morgan fingerprint density at radius 2 is 2.05 bits per heavy atom. The first-order valence-electron chi connectivity index (χ1n) is 6.06. The number of nitrogens with zero attached hydrogens (tertiary/aromatic N) is 2. The fourth-order valence-corrected chi connectivity index (χ4v) is 2.32. The van der Waals surface area contributed by atoms with Crippen LogP contribution in [0, 0.1) is 3.57 Å². The minimum absolute atomic E-state index is 0.229. The highest BCUT2D eigenvalue weighted by atomic mass is 127. The molecule has 8 heteroatoms. The largest absolute Gasteiger partial charge is 0.496 e. The number of nitrogens with one attached hydrogen (secondary N) is 1. The van der Waals surface area contributed by atoms with Crippen LogP contribution in [0.2, 0.25) is 0 Å². The Bertz CT molecular complexity index is 672. The van der Waals surface area contributed by atoms with Gasteiger partial charge in [-0.1, -0.05) is 0 Å². The van der Waals surface area contributed by atoms with Crippen LogP contribution in [0.15, 0.2) is 41.6 Å². The zero-order valence-corrected chi connectivity index (χ0v) is 13.5. The van der Waals surface area contributed by atoms with Crippen molar-refractivity contribution < 1.29 is 17.9 Å². The maximum atomic E-state index is 12.4. The first-order chi connectivity index (χ1) is 10.4. The van der Waals surface area contributed by atoms with Gasteiger partial charge in [0.1, 0.15) is 11.6 Å². The third-order valence-electron chi connectivity index (χ3n) is 2.66. The SMILES string of the molecule is COc1ccc(/C=N\Nc2ccc(C(F)(F)F)cn2)cc1I. The predicted molar refractivity (Wildman–Crippen MR) is 86.2 cm³/mol. The van der Waals surface area contributed by atoms with Crippen LogP contribution in [-0.4, -0.2) is 18.3 Å². The summed E-state index contributed by atoms with van der Waals surface area (Å²) >= 11 is 2.13. The van der Waals surface area contributed by atoms with Crippen LogP contribution in [0.3, 0.4) is 0 Å². The van der Waals surface area contributed by atoms with E-state index in [9.17, 15) is 13.2 Å². The lowest BCUT2D eigenvalue weighted by Crippen LogP contribution is -2.05. The average Bonchev–Trinajstić information content (AvgIpc) is 2.47. The normalized spacial score (nSPS) is 11.7.